The zero-order valence-electron chi connectivity index (χ0n) is 10.9. The van der Waals surface area contributed by atoms with E-state index in [0.29, 0.717) is 24.5 Å². The Morgan fingerprint density at radius 2 is 1.83 bits per heavy atom. The summed E-state index contributed by atoms with van der Waals surface area (Å²) in [6, 6.07) is 6.72. The number of nitrogens with zero attached hydrogens (tertiary/aromatic N) is 1. The first-order valence-corrected chi connectivity index (χ1v) is 7.57. The summed E-state index contributed by atoms with van der Waals surface area (Å²) in [7, 11) is -3.49. The molecule has 0 amide bonds. The van der Waals surface area contributed by atoms with Crippen LogP contribution >= 0.6 is 0 Å². The van der Waals surface area contributed by atoms with Gasteiger partial charge in [-0.05, 0) is 31.0 Å². The van der Waals surface area contributed by atoms with Crippen molar-refractivity contribution in [3.8, 4) is 0 Å². The normalized spacial score (nSPS) is 11.7. The molecule has 0 spiro atoms. The summed E-state index contributed by atoms with van der Waals surface area (Å²) < 4.78 is 28.3. The van der Waals surface area contributed by atoms with Gasteiger partial charge in [-0.3, -0.25) is 4.72 Å². The van der Waals surface area contributed by atoms with Gasteiger partial charge in [-0.1, -0.05) is 19.9 Å². The molecule has 1 aromatic rings. The van der Waals surface area contributed by atoms with Crippen LogP contribution in [0.1, 0.15) is 26.7 Å². The summed E-state index contributed by atoms with van der Waals surface area (Å²) in [5, 5.41) is 0. The number of hydrogen-bond acceptors (Lipinski definition) is 3. The largest absolute Gasteiger partial charge is 0.399 e. The highest BCUT2D eigenvalue weighted by Gasteiger charge is 2.20. The lowest BCUT2D eigenvalue weighted by Crippen LogP contribution is -2.37. The van der Waals surface area contributed by atoms with Gasteiger partial charge in [0.15, 0.2) is 0 Å². The van der Waals surface area contributed by atoms with E-state index >= 15 is 0 Å². The molecule has 0 atom stereocenters. The van der Waals surface area contributed by atoms with Crippen molar-refractivity contribution in [1.82, 2.24) is 4.31 Å². The van der Waals surface area contributed by atoms with Crippen LogP contribution in [0, 0.1) is 0 Å². The molecule has 0 radical (unpaired) electrons. The van der Waals surface area contributed by atoms with Crippen molar-refractivity contribution >= 4 is 21.6 Å². The maximum absolute atomic E-state index is 12.2. The van der Waals surface area contributed by atoms with Crippen LogP contribution in [0.4, 0.5) is 11.4 Å². The number of hydrogen-bond donors (Lipinski definition) is 2. The fourth-order valence-corrected chi connectivity index (χ4v) is 3.07. The second kappa shape index (κ2) is 6.61. The Bertz CT molecular complexity index is 468. The molecule has 1 rings (SSSR count). The molecule has 18 heavy (non-hydrogen) atoms. The lowest BCUT2D eigenvalue weighted by Gasteiger charge is -2.21. The third-order valence-corrected chi connectivity index (χ3v) is 3.96. The Hall–Kier alpha value is -1.27. The standard InChI is InChI=1S/C12H21N3O2S/c1-3-8-15(9-4-2)18(16,17)14-12-7-5-6-11(13)10-12/h5-7,10,14H,3-4,8-9,13H2,1-2H3. The van der Waals surface area contributed by atoms with E-state index in [1.807, 2.05) is 13.8 Å². The second-order valence-corrected chi connectivity index (χ2v) is 5.80. The van der Waals surface area contributed by atoms with Crippen LogP contribution < -0.4 is 10.5 Å². The number of rotatable bonds is 7. The Morgan fingerprint density at radius 3 is 2.33 bits per heavy atom. The molecule has 0 saturated carbocycles. The summed E-state index contributed by atoms with van der Waals surface area (Å²) in [5.74, 6) is 0. The number of nitrogen functional groups attached to an aromatic ring is 1. The minimum absolute atomic E-state index is 0.493. The lowest BCUT2D eigenvalue weighted by molar-refractivity contribution is 0.413. The summed E-state index contributed by atoms with van der Waals surface area (Å²) in [6.45, 7) is 4.95. The minimum atomic E-state index is -3.49. The highest BCUT2D eigenvalue weighted by molar-refractivity contribution is 7.90. The third kappa shape index (κ3) is 4.19. The number of benzene rings is 1. The van der Waals surface area contributed by atoms with Crippen molar-refractivity contribution < 1.29 is 8.42 Å². The van der Waals surface area contributed by atoms with E-state index in [2.05, 4.69) is 4.72 Å². The maximum Gasteiger partial charge on any atom is 0.301 e. The highest BCUT2D eigenvalue weighted by atomic mass is 32.2. The molecule has 0 aromatic heterocycles. The molecule has 0 aliphatic carbocycles. The summed E-state index contributed by atoms with van der Waals surface area (Å²) in [5.41, 5.74) is 6.65. The van der Waals surface area contributed by atoms with Crippen LogP contribution in [0.2, 0.25) is 0 Å². The average molecular weight is 271 g/mol. The smallest absolute Gasteiger partial charge is 0.301 e. The van der Waals surface area contributed by atoms with Crippen LogP contribution in [-0.2, 0) is 10.2 Å². The van der Waals surface area contributed by atoms with Gasteiger partial charge in [0, 0.05) is 18.8 Å². The predicted octanol–water partition coefficient (Wildman–Crippen LogP) is 2.05. The van der Waals surface area contributed by atoms with Crippen molar-refractivity contribution in [3.05, 3.63) is 24.3 Å². The maximum atomic E-state index is 12.2. The SMILES string of the molecule is CCCN(CCC)S(=O)(=O)Nc1cccc(N)c1. The molecule has 3 N–H and O–H groups in total. The van der Waals surface area contributed by atoms with Crippen molar-refractivity contribution in [2.45, 2.75) is 26.7 Å². The van der Waals surface area contributed by atoms with Gasteiger partial charge in [0.1, 0.15) is 0 Å². The van der Waals surface area contributed by atoms with E-state index < -0.39 is 10.2 Å². The van der Waals surface area contributed by atoms with Gasteiger partial charge in [-0.2, -0.15) is 12.7 Å². The molecule has 0 aliphatic heterocycles. The molecule has 0 saturated heterocycles. The molecule has 102 valence electrons. The van der Waals surface area contributed by atoms with Gasteiger partial charge in [0.2, 0.25) is 0 Å². The summed E-state index contributed by atoms with van der Waals surface area (Å²) in [4.78, 5) is 0. The van der Waals surface area contributed by atoms with E-state index in [9.17, 15) is 8.42 Å². The molecule has 0 fully saturated rings. The summed E-state index contributed by atoms with van der Waals surface area (Å²) >= 11 is 0. The van der Waals surface area contributed by atoms with Gasteiger partial charge in [0.25, 0.3) is 0 Å². The lowest BCUT2D eigenvalue weighted by atomic mass is 10.3. The van der Waals surface area contributed by atoms with Gasteiger partial charge < -0.3 is 5.73 Å². The summed E-state index contributed by atoms with van der Waals surface area (Å²) in [6.07, 6.45) is 1.58. The Kier molecular flexibility index (Phi) is 5.43. The average Bonchev–Trinajstić information content (AvgIpc) is 2.28. The van der Waals surface area contributed by atoms with Gasteiger partial charge in [0.05, 0.1) is 5.69 Å². The van der Waals surface area contributed by atoms with Crippen molar-refractivity contribution in [2.24, 2.45) is 0 Å². The molecule has 6 heteroatoms. The van der Waals surface area contributed by atoms with Crippen LogP contribution in [0.3, 0.4) is 0 Å². The van der Waals surface area contributed by atoms with E-state index in [1.54, 1.807) is 24.3 Å². The van der Waals surface area contributed by atoms with E-state index in [0.717, 1.165) is 12.8 Å². The topological polar surface area (TPSA) is 75.4 Å². The van der Waals surface area contributed by atoms with Gasteiger partial charge >= 0.3 is 10.2 Å². The first-order valence-electron chi connectivity index (χ1n) is 6.13. The van der Waals surface area contributed by atoms with E-state index in [1.165, 1.54) is 4.31 Å². The van der Waals surface area contributed by atoms with Crippen molar-refractivity contribution in [3.63, 3.8) is 0 Å². The fraction of sp³-hybridized carbons (Fsp3) is 0.500. The zero-order valence-corrected chi connectivity index (χ0v) is 11.7. The molecule has 0 aliphatic rings. The Morgan fingerprint density at radius 1 is 1.22 bits per heavy atom. The molecule has 1 aromatic carbocycles. The second-order valence-electron chi connectivity index (χ2n) is 4.13. The van der Waals surface area contributed by atoms with Crippen LogP contribution in [0.25, 0.3) is 0 Å². The molecule has 0 bridgehead atoms. The Labute approximate surface area is 109 Å². The fourth-order valence-electron chi connectivity index (χ4n) is 1.67. The predicted molar refractivity (Wildman–Crippen MR) is 75.6 cm³/mol. The first-order chi connectivity index (χ1) is 8.49. The van der Waals surface area contributed by atoms with E-state index in [4.69, 9.17) is 5.73 Å². The molecular weight excluding hydrogens is 250 g/mol. The highest BCUT2D eigenvalue weighted by Crippen LogP contribution is 2.15. The molecule has 5 nitrogen and oxygen atoms in total. The van der Waals surface area contributed by atoms with Gasteiger partial charge in [-0.25, -0.2) is 0 Å². The zero-order chi connectivity index (χ0) is 13.6. The number of nitrogens with one attached hydrogen (secondary N) is 1. The molecular formula is C12H21N3O2S. The number of anilines is 2. The van der Waals surface area contributed by atoms with Crippen LogP contribution in [0.5, 0.6) is 0 Å². The van der Waals surface area contributed by atoms with Crippen LogP contribution in [0.15, 0.2) is 24.3 Å². The monoisotopic (exact) mass is 271 g/mol. The minimum Gasteiger partial charge on any atom is -0.399 e. The first kappa shape index (κ1) is 14.8. The third-order valence-electron chi connectivity index (χ3n) is 2.42. The van der Waals surface area contributed by atoms with Crippen LogP contribution in [-0.4, -0.2) is 25.8 Å². The number of nitrogens with two attached hydrogens (primary N) is 1. The van der Waals surface area contributed by atoms with Crippen molar-refractivity contribution in [1.29, 1.82) is 0 Å². The van der Waals surface area contributed by atoms with Gasteiger partial charge in [-0.15, -0.1) is 0 Å². The van der Waals surface area contributed by atoms with E-state index in [-0.39, 0.29) is 0 Å². The molecule has 0 unspecified atom stereocenters. The Balaban J connectivity index is 2.85. The molecule has 0 heterocycles. The quantitative estimate of drug-likeness (QED) is 0.745. The van der Waals surface area contributed by atoms with Crippen molar-refractivity contribution in [2.75, 3.05) is 23.5 Å².